The summed E-state index contributed by atoms with van der Waals surface area (Å²) in [7, 11) is 0. The highest BCUT2D eigenvalue weighted by Gasteiger charge is 2.18. The van der Waals surface area contributed by atoms with E-state index in [2.05, 4.69) is 10.6 Å². The van der Waals surface area contributed by atoms with Crippen molar-refractivity contribution in [2.75, 3.05) is 13.1 Å². The molecule has 2 unspecified atom stereocenters. The van der Waals surface area contributed by atoms with Crippen LogP contribution in [0.1, 0.15) is 19.8 Å². The van der Waals surface area contributed by atoms with E-state index in [1.54, 1.807) is 25.1 Å². The molecule has 0 bridgehead atoms. The summed E-state index contributed by atoms with van der Waals surface area (Å²) in [5.41, 5.74) is 0. The van der Waals surface area contributed by atoms with E-state index in [1.165, 1.54) is 0 Å². The molecule has 1 heterocycles. The Morgan fingerprint density at radius 2 is 2.15 bits per heavy atom. The van der Waals surface area contributed by atoms with Crippen LogP contribution >= 0.6 is 23.2 Å². The molecule has 2 rings (SSSR count). The van der Waals surface area contributed by atoms with Crippen molar-refractivity contribution in [3.63, 3.8) is 0 Å². The van der Waals surface area contributed by atoms with Crippen molar-refractivity contribution in [2.45, 2.75) is 31.9 Å². The highest BCUT2D eigenvalue weighted by molar-refractivity contribution is 6.34. The highest BCUT2D eigenvalue weighted by atomic mass is 35.5. The van der Waals surface area contributed by atoms with E-state index in [4.69, 9.17) is 27.9 Å². The van der Waals surface area contributed by atoms with Crippen molar-refractivity contribution >= 4 is 29.1 Å². The summed E-state index contributed by atoms with van der Waals surface area (Å²) in [6.45, 7) is 3.35. The van der Waals surface area contributed by atoms with Crippen LogP contribution in [0.3, 0.4) is 0 Å². The fourth-order valence-electron chi connectivity index (χ4n) is 2.15. The highest BCUT2D eigenvalue weighted by Crippen LogP contribution is 2.24. The third kappa shape index (κ3) is 4.54. The first-order valence-corrected chi connectivity index (χ1v) is 7.44. The minimum atomic E-state index is -0.592. The van der Waals surface area contributed by atoms with Gasteiger partial charge >= 0.3 is 0 Å². The predicted molar refractivity (Wildman–Crippen MR) is 80.6 cm³/mol. The Labute approximate surface area is 128 Å². The van der Waals surface area contributed by atoms with E-state index < -0.39 is 6.10 Å². The topological polar surface area (TPSA) is 50.4 Å². The van der Waals surface area contributed by atoms with Gasteiger partial charge in [-0.3, -0.25) is 4.79 Å². The molecule has 6 heteroatoms. The van der Waals surface area contributed by atoms with Crippen LogP contribution < -0.4 is 15.4 Å². The van der Waals surface area contributed by atoms with Crippen LogP contribution in [0.5, 0.6) is 5.75 Å². The largest absolute Gasteiger partial charge is 0.481 e. The molecule has 4 nitrogen and oxygen atoms in total. The Hall–Kier alpha value is -0.970. The molecule has 1 aromatic rings. The SMILES string of the molecule is CC(Oc1cc(Cl)cc(Cl)c1)C(=O)NCC1CCCN1. The van der Waals surface area contributed by atoms with Crippen molar-refractivity contribution in [1.82, 2.24) is 10.6 Å². The van der Waals surface area contributed by atoms with Gasteiger partial charge in [-0.05, 0) is 44.5 Å². The van der Waals surface area contributed by atoms with Crippen LogP contribution in [0.2, 0.25) is 10.0 Å². The quantitative estimate of drug-likeness (QED) is 0.878. The standard InChI is InChI=1S/C14H18Cl2N2O2/c1-9(14(19)18-8-12-3-2-4-17-12)20-13-6-10(15)5-11(16)7-13/h5-7,9,12,17H,2-4,8H2,1H3,(H,18,19). The predicted octanol–water partition coefficient (Wildman–Crippen LogP) is 2.63. The number of carbonyl (C=O) groups is 1. The summed E-state index contributed by atoms with van der Waals surface area (Å²) in [5, 5.41) is 7.17. The van der Waals surface area contributed by atoms with Gasteiger partial charge in [0.1, 0.15) is 5.75 Å². The zero-order valence-electron chi connectivity index (χ0n) is 11.3. The van der Waals surface area contributed by atoms with E-state index in [0.717, 1.165) is 19.4 Å². The van der Waals surface area contributed by atoms with Gasteiger partial charge in [-0.15, -0.1) is 0 Å². The van der Waals surface area contributed by atoms with Gasteiger partial charge in [0.05, 0.1) is 0 Å². The molecular formula is C14H18Cl2N2O2. The smallest absolute Gasteiger partial charge is 0.260 e. The number of hydrogen-bond donors (Lipinski definition) is 2. The first-order chi connectivity index (χ1) is 9.54. The second-order valence-electron chi connectivity index (χ2n) is 4.90. The maximum atomic E-state index is 11.9. The number of benzene rings is 1. The molecule has 2 N–H and O–H groups in total. The average molecular weight is 317 g/mol. The number of carbonyl (C=O) groups excluding carboxylic acids is 1. The molecule has 0 aromatic heterocycles. The van der Waals surface area contributed by atoms with Crippen LogP contribution in [0.4, 0.5) is 0 Å². The van der Waals surface area contributed by atoms with Crippen molar-refractivity contribution < 1.29 is 9.53 Å². The third-order valence-corrected chi connectivity index (χ3v) is 3.64. The Balaban J connectivity index is 1.83. The number of amides is 1. The summed E-state index contributed by atoms with van der Waals surface area (Å²) in [5.74, 6) is 0.346. The third-order valence-electron chi connectivity index (χ3n) is 3.20. The van der Waals surface area contributed by atoms with Gasteiger partial charge in [-0.1, -0.05) is 23.2 Å². The normalized spacial score (nSPS) is 19.6. The van der Waals surface area contributed by atoms with Crippen LogP contribution in [0.15, 0.2) is 18.2 Å². The van der Waals surface area contributed by atoms with E-state index in [9.17, 15) is 4.79 Å². The summed E-state index contributed by atoms with van der Waals surface area (Å²) in [6, 6.07) is 5.25. The lowest BCUT2D eigenvalue weighted by atomic mass is 10.2. The lowest BCUT2D eigenvalue weighted by Gasteiger charge is -2.17. The van der Waals surface area contributed by atoms with E-state index in [0.29, 0.717) is 28.4 Å². The van der Waals surface area contributed by atoms with Crippen molar-refractivity contribution in [2.24, 2.45) is 0 Å². The molecule has 1 aromatic carbocycles. The molecule has 1 fully saturated rings. The minimum absolute atomic E-state index is 0.144. The fraction of sp³-hybridized carbons (Fsp3) is 0.500. The van der Waals surface area contributed by atoms with Crippen molar-refractivity contribution in [3.05, 3.63) is 28.2 Å². The lowest BCUT2D eigenvalue weighted by molar-refractivity contribution is -0.127. The van der Waals surface area contributed by atoms with Gasteiger partial charge in [-0.2, -0.15) is 0 Å². The van der Waals surface area contributed by atoms with Gasteiger partial charge in [-0.25, -0.2) is 0 Å². The Bertz CT molecular complexity index is 456. The zero-order chi connectivity index (χ0) is 14.5. The van der Waals surface area contributed by atoms with Crippen LogP contribution in [0.25, 0.3) is 0 Å². The van der Waals surface area contributed by atoms with Crippen LogP contribution in [-0.4, -0.2) is 31.1 Å². The Morgan fingerprint density at radius 1 is 1.45 bits per heavy atom. The van der Waals surface area contributed by atoms with Crippen molar-refractivity contribution in [3.8, 4) is 5.75 Å². The monoisotopic (exact) mass is 316 g/mol. The molecule has 1 aliphatic heterocycles. The number of ether oxygens (including phenoxy) is 1. The molecule has 1 amide bonds. The van der Waals surface area contributed by atoms with Gasteiger partial charge in [0.15, 0.2) is 6.10 Å². The van der Waals surface area contributed by atoms with Crippen LogP contribution in [-0.2, 0) is 4.79 Å². The van der Waals surface area contributed by atoms with Crippen molar-refractivity contribution in [1.29, 1.82) is 0 Å². The molecule has 0 radical (unpaired) electrons. The molecule has 110 valence electrons. The molecule has 1 aliphatic rings. The van der Waals surface area contributed by atoms with Gasteiger partial charge < -0.3 is 15.4 Å². The molecule has 0 saturated carbocycles. The van der Waals surface area contributed by atoms with E-state index in [-0.39, 0.29) is 5.91 Å². The Morgan fingerprint density at radius 3 is 2.75 bits per heavy atom. The summed E-state index contributed by atoms with van der Waals surface area (Å²) in [6.07, 6.45) is 1.67. The summed E-state index contributed by atoms with van der Waals surface area (Å²) in [4.78, 5) is 11.9. The molecule has 1 saturated heterocycles. The maximum Gasteiger partial charge on any atom is 0.260 e. The second kappa shape index (κ2) is 7.16. The second-order valence-corrected chi connectivity index (χ2v) is 5.78. The molecule has 0 spiro atoms. The van der Waals surface area contributed by atoms with Crippen LogP contribution in [0, 0.1) is 0 Å². The minimum Gasteiger partial charge on any atom is -0.481 e. The Kier molecular flexibility index (Phi) is 5.52. The number of nitrogens with one attached hydrogen (secondary N) is 2. The van der Waals surface area contributed by atoms with Gasteiger partial charge in [0, 0.05) is 22.6 Å². The maximum absolute atomic E-state index is 11.9. The van der Waals surface area contributed by atoms with Gasteiger partial charge in [0.2, 0.25) is 0 Å². The molecule has 2 atom stereocenters. The van der Waals surface area contributed by atoms with Gasteiger partial charge in [0.25, 0.3) is 5.91 Å². The summed E-state index contributed by atoms with van der Waals surface area (Å²) >= 11 is 11.8. The molecule has 0 aliphatic carbocycles. The average Bonchev–Trinajstić information content (AvgIpc) is 2.87. The number of hydrogen-bond acceptors (Lipinski definition) is 3. The lowest BCUT2D eigenvalue weighted by Crippen LogP contribution is -2.42. The number of halogens is 2. The summed E-state index contributed by atoms with van der Waals surface area (Å²) < 4.78 is 5.55. The molecule has 20 heavy (non-hydrogen) atoms. The first kappa shape index (κ1) is 15.4. The first-order valence-electron chi connectivity index (χ1n) is 6.68. The zero-order valence-corrected chi connectivity index (χ0v) is 12.8. The van der Waals surface area contributed by atoms with E-state index in [1.807, 2.05) is 0 Å². The number of rotatable bonds is 5. The fourth-order valence-corrected chi connectivity index (χ4v) is 2.66. The van der Waals surface area contributed by atoms with E-state index >= 15 is 0 Å². The molecular weight excluding hydrogens is 299 g/mol.